The van der Waals surface area contributed by atoms with Crippen molar-refractivity contribution >= 4 is 27.3 Å². The first kappa shape index (κ1) is 24.7. The van der Waals surface area contributed by atoms with Crippen LogP contribution in [0.2, 0.25) is 5.02 Å². The lowest BCUT2D eigenvalue weighted by Crippen LogP contribution is -2.36. The summed E-state index contributed by atoms with van der Waals surface area (Å²) in [6, 6.07) is 11.9. The van der Waals surface area contributed by atoms with Crippen molar-refractivity contribution in [2.45, 2.75) is 37.6 Å². The predicted molar refractivity (Wildman–Crippen MR) is 133 cm³/mol. The van der Waals surface area contributed by atoms with Crippen molar-refractivity contribution in [1.82, 2.24) is 19.7 Å². The van der Waals surface area contributed by atoms with E-state index >= 15 is 0 Å². The zero-order chi connectivity index (χ0) is 24.5. The summed E-state index contributed by atoms with van der Waals surface area (Å²) >= 11 is 6.27. The van der Waals surface area contributed by atoms with Crippen molar-refractivity contribution in [3.8, 4) is 11.4 Å². The summed E-state index contributed by atoms with van der Waals surface area (Å²) in [5, 5.41) is 9.19. The summed E-state index contributed by atoms with van der Waals surface area (Å²) in [6.45, 7) is 9.95. The van der Waals surface area contributed by atoms with E-state index in [4.69, 9.17) is 16.3 Å². The lowest BCUT2D eigenvalue weighted by Gasteiger charge is -2.25. The van der Waals surface area contributed by atoms with Crippen molar-refractivity contribution in [2.75, 3.05) is 31.0 Å². The smallest absolute Gasteiger partial charge is 0.261 e. The van der Waals surface area contributed by atoms with Gasteiger partial charge < -0.3 is 9.30 Å². The Bertz CT molecular complexity index is 1260. The Labute approximate surface area is 206 Å². The highest BCUT2D eigenvalue weighted by atomic mass is 35.5. The molecular formula is C24H30ClN5O3S. The Hall–Kier alpha value is -2.46. The van der Waals surface area contributed by atoms with E-state index in [2.05, 4.69) is 40.6 Å². The quantitative estimate of drug-likeness (QED) is 0.545. The summed E-state index contributed by atoms with van der Waals surface area (Å²) in [7, 11) is -1.95. The van der Waals surface area contributed by atoms with Crippen LogP contribution in [0.15, 0.2) is 47.4 Å². The number of morpholine rings is 1. The number of anilines is 1. The number of sulfonamides is 1. The molecule has 10 heteroatoms. The molecule has 0 unspecified atom stereocenters. The Balaban J connectivity index is 1.63. The van der Waals surface area contributed by atoms with Gasteiger partial charge in [-0.15, -0.1) is 10.2 Å². The molecule has 182 valence electrons. The number of hydrogen-bond acceptors (Lipinski definition) is 6. The van der Waals surface area contributed by atoms with Crippen molar-refractivity contribution in [3.05, 3.63) is 58.9 Å². The van der Waals surface area contributed by atoms with Gasteiger partial charge in [-0.05, 0) is 41.3 Å². The van der Waals surface area contributed by atoms with Crippen LogP contribution in [0.1, 0.15) is 32.2 Å². The maximum atomic E-state index is 13.2. The monoisotopic (exact) mass is 503 g/mol. The van der Waals surface area contributed by atoms with Crippen LogP contribution in [-0.4, -0.2) is 54.4 Å². The topological polar surface area (TPSA) is 89.3 Å². The van der Waals surface area contributed by atoms with E-state index in [-0.39, 0.29) is 10.3 Å². The van der Waals surface area contributed by atoms with Crippen LogP contribution >= 0.6 is 11.6 Å². The molecule has 34 heavy (non-hydrogen) atoms. The van der Waals surface area contributed by atoms with Gasteiger partial charge in [0.15, 0.2) is 5.82 Å². The van der Waals surface area contributed by atoms with Gasteiger partial charge in [0.25, 0.3) is 10.0 Å². The molecule has 1 saturated heterocycles. The van der Waals surface area contributed by atoms with Crippen LogP contribution < -0.4 is 4.72 Å². The predicted octanol–water partition coefficient (Wildman–Crippen LogP) is 4.07. The van der Waals surface area contributed by atoms with E-state index in [0.29, 0.717) is 41.9 Å². The van der Waals surface area contributed by atoms with Crippen molar-refractivity contribution < 1.29 is 13.2 Å². The molecule has 0 bridgehead atoms. The first-order valence-corrected chi connectivity index (χ1v) is 13.0. The fraction of sp³-hybridized carbons (Fsp3) is 0.417. The zero-order valence-electron chi connectivity index (χ0n) is 19.9. The highest BCUT2D eigenvalue weighted by Gasteiger charge is 2.22. The molecule has 1 aromatic heterocycles. The van der Waals surface area contributed by atoms with Gasteiger partial charge in [-0.3, -0.25) is 9.62 Å². The van der Waals surface area contributed by atoms with Gasteiger partial charge in [-0.25, -0.2) is 8.42 Å². The molecule has 1 aliphatic rings. The third-order valence-electron chi connectivity index (χ3n) is 5.93. The summed E-state index contributed by atoms with van der Waals surface area (Å²) < 4.78 is 36.4. The molecule has 0 spiro atoms. The third-order valence-corrected chi connectivity index (χ3v) is 7.55. The fourth-order valence-electron chi connectivity index (χ4n) is 3.82. The molecule has 4 rings (SSSR count). The lowest BCUT2D eigenvalue weighted by atomic mass is 9.87. The van der Waals surface area contributed by atoms with Gasteiger partial charge in [0.2, 0.25) is 0 Å². The molecule has 3 aromatic rings. The minimum Gasteiger partial charge on any atom is -0.379 e. The second kappa shape index (κ2) is 9.65. The summed E-state index contributed by atoms with van der Waals surface area (Å²) in [5.41, 5.74) is 1.94. The van der Waals surface area contributed by atoms with E-state index in [9.17, 15) is 8.42 Å². The second-order valence-electron chi connectivity index (χ2n) is 9.46. The molecule has 2 heterocycles. The molecule has 8 nitrogen and oxygen atoms in total. The number of rotatable bonds is 6. The highest BCUT2D eigenvalue weighted by molar-refractivity contribution is 7.92. The first-order chi connectivity index (χ1) is 16.0. The average Bonchev–Trinajstić information content (AvgIpc) is 3.15. The summed E-state index contributed by atoms with van der Waals surface area (Å²) in [5.74, 6) is 1.31. The molecule has 0 radical (unpaired) electrons. The van der Waals surface area contributed by atoms with E-state index < -0.39 is 10.0 Å². The molecule has 0 saturated carbocycles. The Morgan fingerprint density at radius 3 is 2.38 bits per heavy atom. The number of nitrogens with zero attached hydrogens (tertiary/aromatic N) is 4. The molecule has 1 aliphatic heterocycles. The number of halogens is 1. The number of ether oxygens (including phenoxy) is 1. The van der Waals surface area contributed by atoms with E-state index in [1.54, 1.807) is 30.3 Å². The first-order valence-electron chi connectivity index (χ1n) is 11.2. The zero-order valence-corrected chi connectivity index (χ0v) is 21.4. The van der Waals surface area contributed by atoms with Crippen LogP contribution in [0.4, 0.5) is 5.69 Å². The van der Waals surface area contributed by atoms with E-state index in [1.807, 2.05) is 23.7 Å². The molecule has 0 aliphatic carbocycles. The molecule has 0 amide bonds. The Morgan fingerprint density at radius 2 is 1.74 bits per heavy atom. The van der Waals surface area contributed by atoms with Crippen molar-refractivity contribution in [3.63, 3.8) is 0 Å². The minimum atomic E-state index is -3.82. The van der Waals surface area contributed by atoms with Gasteiger partial charge in [-0.1, -0.05) is 44.5 Å². The number of nitrogens with one attached hydrogen (secondary N) is 1. The van der Waals surface area contributed by atoms with Crippen LogP contribution in [-0.2, 0) is 33.8 Å². The van der Waals surface area contributed by atoms with Crippen molar-refractivity contribution in [1.29, 1.82) is 0 Å². The molecular weight excluding hydrogens is 474 g/mol. The van der Waals surface area contributed by atoms with Gasteiger partial charge in [0.05, 0.1) is 30.3 Å². The molecule has 1 fully saturated rings. The van der Waals surface area contributed by atoms with Crippen LogP contribution in [0.25, 0.3) is 11.4 Å². The van der Waals surface area contributed by atoms with E-state index in [1.165, 1.54) is 0 Å². The Morgan fingerprint density at radius 1 is 1.06 bits per heavy atom. The maximum absolute atomic E-state index is 13.2. The SMILES string of the molecule is Cn1c(CN2CCOCC2)nnc1-c1cc(Cl)ccc1NS(=O)(=O)c1ccc(C(C)(C)C)cc1. The van der Waals surface area contributed by atoms with Crippen LogP contribution in [0.5, 0.6) is 0 Å². The maximum Gasteiger partial charge on any atom is 0.261 e. The number of aromatic nitrogens is 3. The standard InChI is InChI=1S/C24H30ClN5O3S/c1-24(2,3)17-5-8-19(9-6-17)34(31,32)28-21-10-7-18(25)15-20(21)23-27-26-22(29(23)4)16-30-11-13-33-14-12-30/h5-10,15,28H,11-14,16H2,1-4H3. The van der Waals surface area contributed by atoms with Crippen molar-refractivity contribution in [2.24, 2.45) is 7.05 Å². The Kier molecular flexibility index (Phi) is 7.00. The normalized spacial score (nSPS) is 15.4. The summed E-state index contributed by atoms with van der Waals surface area (Å²) in [6.07, 6.45) is 0. The van der Waals surface area contributed by atoms with Crippen LogP contribution in [0.3, 0.4) is 0 Å². The highest BCUT2D eigenvalue weighted by Crippen LogP contribution is 2.32. The van der Waals surface area contributed by atoms with E-state index in [0.717, 1.165) is 24.5 Å². The minimum absolute atomic E-state index is 0.0663. The summed E-state index contributed by atoms with van der Waals surface area (Å²) in [4.78, 5) is 2.44. The largest absolute Gasteiger partial charge is 0.379 e. The molecule has 0 atom stereocenters. The second-order valence-corrected chi connectivity index (χ2v) is 11.6. The third kappa shape index (κ3) is 5.43. The van der Waals surface area contributed by atoms with Gasteiger partial charge >= 0.3 is 0 Å². The number of benzene rings is 2. The molecule has 1 N–H and O–H groups in total. The van der Waals surface area contributed by atoms with Crippen LogP contribution in [0, 0.1) is 0 Å². The average molecular weight is 504 g/mol. The lowest BCUT2D eigenvalue weighted by molar-refractivity contribution is 0.0326. The fourth-order valence-corrected chi connectivity index (χ4v) is 5.07. The number of hydrogen-bond donors (Lipinski definition) is 1. The molecule has 2 aromatic carbocycles. The van der Waals surface area contributed by atoms with Gasteiger partial charge in [-0.2, -0.15) is 0 Å². The van der Waals surface area contributed by atoms with Gasteiger partial charge in [0, 0.05) is 30.7 Å². The van der Waals surface area contributed by atoms with Gasteiger partial charge in [0.1, 0.15) is 5.82 Å².